The molecule has 0 aliphatic heterocycles. The summed E-state index contributed by atoms with van der Waals surface area (Å²) in [7, 11) is 0. The van der Waals surface area contributed by atoms with E-state index in [1.54, 1.807) is 23.5 Å². The second-order valence-corrected chi connectivity index (χ2v) is 6.73. The zero-order valence-electron chi connectivity index (χ0n) is 10.3. The molecule has 1 atom stereocenters. The van der Waals surface area contributed by atoms with Crippen LogP contribution in [0.1, 0.15) is 34.5 Å². The van der Waals surface area contributed by atoms with Gasteiger partial charge in [0.25, 0.3) is 0 Å². The minimum absolute atomic E-state index is 0.186. The molecule has 5 heteroatoms. The topological polar surface area (TPSA) is 33.1 Å². The standard InChI is InChI=1S/C14H14FNOS2/c15-9-4-1-2-6-11(9)18-8-13-16-14-10(17)5-3-7-12(14)19-13/h1-2,4,6,10,17H,3,5,7-8H2. The zero-order valence-corrected chi connectivity index (χ0v) is 11.9. The molecule has 3 rings (SSSR count). The molecule has 0 saturated carbocycles. The van der Waals surface area contributed by atoms with Crippen LogP contribution in [0.5, 0.6) is 0 Å². The molecule has 1 N–H and O–H groups in total. The molecule has 100 valence electrons. The average molecular weight is 295 g/mol. The molecule has 1 unspecified atom stereocenters. The van der Waals surface area contributed by atoms with Gasteiger partial charge in [0, 0.05) is 9.77 Å². The highest BCUT2D eigenvalue weighted by Gasteiger charge is 2.22. The van der Waals surface area contributed by atoms with Crippen LogP contribution in [0, 0.1) is 5.82 Å². The SMILES string of the molecule is OC1CCCc2sc(CSc3ccccc3F)nc21. The van der Waals surface area contributed by atoms with Crippen molar-refractivity contribution < 1.29 is 9.50 Å². The Morgan fingerprint density at radius 1 is 1.42 bits per heavy atom. The third kappa shape index (κ3) is 2.83. The molecule has 1 aromatic carbocycles. The molecule has 1 aromatic heterocycles. The van der Waals surface area contributed by atoms with Crippen LogP contribution in [0.2, 0.25) is 0 Å². The van der Waals surface area contributed by atoms with E-state index in [0.717, 1.165) is 30.0 Å². The predicted molar refractivity (Wildman–Crippen MR) is 76.0 cm³/mol. The Morgan fingerprint density at radius 2 is 2.26 bits per heavy atom. The fourth-order valence-electron chi connectivity index (χ4n) is 2.21. The molecule has 0 saturated heterocycles. The predicted octanol–water partition coefficient (Wildman–Crippen LogP) is 3.94. The van der Waals surface area contributed by atoms with Gasteiger partial charge in [-0.25, -0.2) is 9.37 Å². The number of thioether (sulfide) groups is 1. The summed E-state index contributed by atoms with van der Waals surface area (Å²) < 4.78 is 13.5. The van der Waals surface area contributed by atoms with Crippen molar-refractivity contribution in [1.82, 2.24) is 4.98 Å². The Bertz CT molecular complexity index is 585. The first-order valence-electron chi connectivity index (χ1n) is 6.28. The van der Waals surface area contributed by atoms with E-state index in [9.17, 15) is 9.50 Å². The van der Waals surface area contributed by atoms with Crippen molar-refractivity contribution in [1.29, 1.82) is 0 Å². The van der Waals surface area contributed by atoms with E-state index in [1.165, 1.54) is 22.7 Å². The second kappa shape index (κ2) is 5.61. The summed E-state index contributed by atoms with van der Waals surface area (Å²) in [6.45, 7) is 0. The van der Waals surface area contributed by atoms with E-state index in [0.29, 0.717) is 10.6 Å². The van der Waals surface area contributed by atoms with Crippen molar-refractivity contribution in [2.75, 3.05) is 0 Å². The highest BCUT2D eigenvalue weighted by Crippen LogP contribution is 2.35. The molecule has 1 heterocycles. The Balaban J connectivity index is 1.73. The Labute approximate surface area is 119 Å². The number of aliphatic hydroxyl groups excluding tert-OH is 1. The lowest BCUT2D eigenvalue weighted by atomic mass is 10.0. The van der Waals surface area contributed by atoms with E-state index in [4.69, 9.17) is 0 Å². The van der Waals surface area contributed by atoms with Crippen LogP contribution < -0.4 is 0 Å². The van der Waals surface area contributed by atoms with E-state index >= 15 is 0 Å². The van der Waals surface area contributed by atoms with Gasteiger partial charge in [0.2, 0.25) is 0 Å². The first-order chi connectivity index (χ1) is 9.24. The molecule has 0 spiro atoms. The normalized spacial score (nSPS) is 18.3. The third-order valence-electron chi connectivity index (χ3n) is 3.16. The number of aromatic nitrogens is 1. The van der Waals surface area contributed by atoms with Crippen molar-refractivity contribution in [2.45, 2.75) is 36.0 Å². The maximum absolute atomic E-state index is 13.5. The first kappa shape index (κ1) is 13.1. The number of rotatable bonds is 3. The summed E-state index contributed by atoms with van der Waals surface area (Å²) in [4.78, 5) is 6.35. The molecule has 0 radical (unpaired) electrons. The lowest BCUT2D eigenvalue weighted by Gasteiger charge is -2.14. The van der Waals surface area contributed by atoms with Gasteiger partial charge in [0.05, 0.1) is 17.6 Å². The number of nitrogens with zero attached hydrogens (tertiary/aromatic N) is 1. The fraction of sp³-hybridized carbons (Fsp3) is 0.357. The van der Waals surface area contributed by atoms with Crippen LogP contribution in [0.3, 0.4) is 0 Å². The second-order valence-electron chi connectivity index (χ2n) is 4.54. The highest BCUT2D eigenvalue weighted by atomic mass is 32.2. The third-order valence-corrected chi connectivity index (χ3v) is 5.53. The summed E-state index contributed by atoms with van der Waals surface area (Å²) in [6.07, 6.45) is 2.42. The number of thiazole rings is 1. The number of aryl methyl sites for hydroxylation is 1. The number of halogens is 1. The molecule has 0 amide bonds. The van der Waals surface area contributed by atoms with Crippen LogP contribution >= 0.6 is 23.1 Å². The van der Waals surface area contributed by atoms with Crippen LogP contribution in [0.4, 0.5) is 4.39 Å². The van der Waals surface area contributed by atoms with Crippen molar-refractivity contribution >= 4 is 23.1 Å². The van der Waals surface area contributed by atoms with Crippen LogP contribution in [-0.2, 0) is 12.2 Å². The smallest absolute Gasteiger partial charge is 0.136 e. The highest BCUT2D eigenvalue weighted by molar-refractivity contribution is 7.98. The lowest BCUT2D eigenvalue weighted by Crippen LogP contribution is -2.07. The Morgan fingerprint density at radius 3 is 3.05 bits per heavy atom. The van der Waals surface area contributed by atoms with E-state index < -0.39 is 6.10 Å². The Kier molecular flexibility index (Phi) is 3.86. The number of fused-ring (bicyclic) bond motifs is 1. The summed E-state index contributed by atoms with van der Waals surface area (Å²) in [5, 5.41) is 10.9. The summed E-state index contributed by atoms with van der Waals surface area (Å²) in [5.74, 6) is 0.472. The van der Waals surface area contributed by atoms with Crippen molar-refractivity contribution in [3.8, 4) is 0 Å². The summed E-state index contributed by atoms with van der Waals surface area (Å²) in [6, 6.07) is 6.78. The molecular formula is C14H14FNOS2. The number of hydrogen-bond donors (Lipinski definition) is 1. The maximum Gasteiger partial charge on any atom is 0.136 e. The average Bonchev–Trinajstić information content (AvgIpc) is 2.82. The van der Waals surface area contributed by atoms with Crippen LogP contribution in [-0.4, -0.2) is 10.1 Å². The van der Waals surface area contributed by atoms with Gasteiger partial charge in [-0.15, -0.1) is 23.1 Å². The molecular weight excluding hydrogens is 281 g/mol. The zero-order chi connectivity index (χ0) is 13.2. The van der Waals surface area contributed by atoms with Crippen LogP contribution in [0.25, 0.3) is 0 Å². The summed E-state index contributed by atoms with van der Waals surface area (Å²) in [5.41, 5.74) is 0.848. The Hall–Kier alpha value is -0.910. The van der Waals surface area contributed by atoms with E-state index in [1.807, 2.05) is 6.07 Å². The van der Waals surface area contributed by atoms with E-state index in [-0.39, 0.29) is 5.82 Å². The maximum atomic E-state index is 13.5. The molecule has 0 bridgehead atoms. The van der Waals surface area contributed by atoms with Gasteiger partial charge in [0.15, 0.2) is 0 Å². The van der Waals surface area contributed by atoms with Gasteiger partial charge >= 0.3 is 0 Å². The van der Waals surface area contributed by atoms with Crippen molar-refractivity contribution in [2.24, 2.45) is 0 Å². The number of benzene rings is 1. The lowest BCUT2D eigenvalue weighted by molar-refractivity contribution is 0.153. The van der Waals surface area contributed by atoms with Gasteiger partial charge in [-0.1, -0.05) is 12.1 Å². The van der Waals surface area contributed by atoms with Gasteiger partial charge in [-0.05, 0) is 31.4 Å². The van der Waals surface area contributed by atoms with Gasteiger partial charge in [-0.2, -0.15) is 0 Å². The molecule has 2 nitrogen and oxygen atoms in total. The molecule has 2 aromatic rings. The number of hydrogen-bond acceptors (Lipinski definition) is 4. The first-order valence-corrected chi connectivity index (χ1v) is 8.08. The van der Waals surface area contributed by atoms with Crippen molar-refractivity contribution in [3.63, 3.8) is 0 Å². The van der Waals surface area contributed by atoms with Crippen molar-refractivity contribution in [3.05, 3.63) is 45.7 Å². The molecule has 1 aliphatic rings. The number of aliphatic hydroxyl groups is 1. The molecule has 19 heavy (non-hydrogen) atoms. The largest absolute Gasteiger partial charge is 0.387 e. The van der Waals surface area contributed by atoms with Crippen LogP contribution in [0.15, 0.2) is 29.2 Å². The van der Waals surface area contributed by atoms with Gasteiger partial charge in [0.1, 0.15) is 10.8 Å². The minimum Gasteiger partial charge on any atom is -0.387 e. The van der Waals surface area contributed by atoms with Gasteiger partial charge in [-0.3, -0.25) is 0 Å². The fourth-order valence-corrected chi connectivity index (χ4v) is 4.31. The molecule has 1 aliphatic carbocycles. The summed E-state index contributed by atoms with van der Waals surface area (Å²) >= 11 is 3.11. The van der Waals surface area contributed by atoms with Gasteiger partial charge < -0.3 is 5.11 Å². The quantitative estimate of drug-likeness (QED) is 0.871. The monoisotopic (exact) mass is 295 g/mol. The minimum atomic E-state index is -0.410. The molecule has 0 fully saturated rings. The van der Waals surface area contributed by atoms with E-state index in [2.05, 4.69) is 4.98 Å².